The lowest BCUT2D eigenvalue weighted by atomic mass is 9.71. The van der Waals surface area contributed by atoms with Crippen LogP contribution in [0.5, 0.6) is 0 Å². The average Bonchev–Trinajstić information content (AvgIpc) is 3.29. The Bertz CT molecular complexity index is 1550. The van der Waals surface area contributed by atoms with Crippen LogP contribution in [0.3, 0.4) is 0 Å². The zero-order chi connectivity index (χ0) is 33.5. The molecule has 246 valence electrons. The molecule has 4 rings (SSSR count). The highest BCUT2D eigenvalue weighted by molar-refractivity contribution is 6.30. The third-order valence-corrected chi connectivity index (χ3v) is 8.33. The molecule has 0 radical (unpaired) electrons. The third-order valence-electron chi connectivity index (χ3n) is 8.04. The van der Waals surface area contributed by atoms with Gasteiger partial charge in [0.1, 0.15) is 17.2 Å². The van der Waals surface area contributed by atoms with Crippen LogP contribution in [0, 0.1) is 24.0 Å². The number of aryl methyl sites for hydroxylation is 1. The number of aromatic nitrogens is 3. The molecule has 1 aliphatic rings. The first-order valence-electron chi connectivity index (χ1n) is 15.1. The van der Waals surface area contributed by atoms with Crippen molar-refractivity contribution in [3.8, 4) is 0 Å². The molecule has 0 bridgehead atoms. The van der Waals surface area contributed by atoms with E-state index < -0.39 is 34.9 Å². The van der Waals surface area contributed by atoms with E-state index in [4.69, 9.17) is 16.3 Å². The van der Waals surface area contributed by atoms with Gasteiger partial charge in [-0.25, -0.2) is 13.8 Å². The zero-order valence-corrected chi connectivity index (χ0v) is 28.0. The Morgan fingerprint density at radius 3 is 2.42 bits per heavy atom. The number of hydrogen-bond acceptors (Lipinski definition) is 8. The molecule has 3 heterocycles. The van der Waals surface area contributed by atoms with Crippen LogP contribution in [0.4, 0.5) is 20.4 Å². The predicted molar refractivity (Wildman–Crippen MR) is 169 cm³/mol. The number of carbonyl (C=O) groups excluding carboxylic acids is 1. The Kier molecular flexibility index (Phi) is 9.99. The maximum Gasteiger partial charge on any atom is 0.313 e. The minimum absolute atomic E-state index is 0.0394. The van der Waals surface area contributed by atoms with E-state index in [2.05, 4.69) is 20.3 Å². The van der Waals surface area contributed by atoms with Gasteiger partial charge in [0.15, 0.2) is 17.9 Å². The molecule has 1 aliphatic heterocycles. The number of nitrogens with one attached hydrogen (secondary N) is 1. The molecule has 45 heavy (non-hydrogen) atoms. The quantitative estimate of drug-likeness (QED) is 0.186. The Morgan fingerprint density at radius 1 is 1.16 bits per heavy atom. The van der Waals surface area contributed by atoms with Crippen LogP contribution in [0.1, 0.15) is 90.1 Å². The van der Waals surface area contributed by atoms with Gasteiger partial charge in [-0.15, -0.1) is 0 Å². The van der Waals surface area contributed by atoms with E-state index >= 15 is 4.39 Å². The first-order chi connectivity index (χ1) is 20.8. The Hall–Kier alpha value is -3.12. The molecule has 0 amide bonds. The number of hydrogen-bond donors (Lipinski definition) is 3. The Morgan fingerprint density at radius 2 is 1.84 bits per heavy atom. The first kappa shape index (κ1) is 34.7. The topological polar surface area (TPSA) is 113 Å². The summed E-state index contributed by atoms with van der Waals surface area (Å²) in [6.45, 7) is 15.9. The van der Waals surface area contributed by atoms with Crippen LogP contribution in [-0.4, -0.2) is 54.0 Å². The molecule has 1 saturated heterocycles. The van der Waals surface area contributed by atoms with Crippen molar-refractivity contribution in [3.63, 3.8) is 0 Å². The highest BCUT2D eigenvalue weighted by Gasteiger charge is 2.47. The van der Waals surface area contributed by atoms with Gasteiger partial charge in [-0.2, -0.15) is 5.10 Å². The maximum atomic E-state index is 15.9. The van der Waals surface area contributed by atoms with Crippen LogP contribution >= 0.6 is 11.6 Å². The summed E-state index contributed by atoms with van der Waals surface area (Å²) in [5, 5.41) is 27.8. The maximum absolute atomic E-state index is 15.9. The number of carbonyl (C=O) groups is 1. The van der Waals surface area contributed by atoms with Crippen molar-refractivity contribution in [2.75, 3.05) is 11.9 Å². The van der Waals surface area contributed by atoms with Gasteiger partial charge in [-0.05, 0) is 86.9 Å². The van der Waals surface area contributed by atoms with Crippen LogP contribution in [0.25, 0.3) is 0 Å². The number of piperidine rings is 1. The van der Waals surface area contributed by atoms with Crippen molar-refractivity contribution < 1.29 is 28.5 Å². The molecule has 1 aromatic carbocycles. The molecule has 0 spiro atoms. The molecule has 1 fully saturated rings. The SMILES string of the molecule is Cc1cc(Nc2cc(C(O)O)c(F)c(C[C@@]3(C(=O)OC(C)(C)C)CCN(Cc4cccc(Cl)c4F)[C@H](C)C3)n2)nn1C(C)(C)C. The van der Waals surface area contributed by atoms with Gasteiger partial charge < -0.3 is 20.3 Å². The van der Waals surface area contributed by atoms with E-state index in [1.54, 1.807) is 32.9 Å². The number of esters is 1. The molecule has 0 unspecified atom stereocenters. The summed E-state index contributed by atoms with van der Waals surface area (Å²) < 4.78 is 38.3. The van der Waals surface area contributed by atoms with Crippen LogP contribution in [0.15, 0.2) is 30.3 Å². The molecule has 0 saturated carbocycles. The summed E-state index contributed by atoms with van der Waals surface area (Å²) in [4.78, 5) is 20.5. The monoisotopic (exact) mass is 647 g/mol. The average molecular weight is 648 g/mol. The van der Waals surface area contributed by atoms with Crippen LogP contribution in [0.2, 0.25) is 5.02 Å². The highest BCUT2D eigenvalue weighted by atomic mass is 35.5. The molecule has 2 aromatic heterocycles. The minimum Gasteiger partial charge on any atom is -0.460 e. The fourth-order valence-corrected chi connectivity index (χ4v) is 6.14. The normalized spacial score (nSPS) is 19.6. The lowest BCUT2D eigenvalue weighted by Gasteiger charge is -2.45. The molecule has 2 atom stereocenters. The van der Waals surface area contributed by atoms with Crippen molar-refractivity contribution in [1.82, 2.24) is 19.7 Å². The fraction of sp³-hybridized carbons (Fsp3) is 0.545. The van der Waals surface area contributed by atoms with E-state index in [9.17, 15) is 19.4 Å². The number of aliphatic hydroxyl groups is 2. The lowest BCUT2D eigenvalue weighted by molar-refractivity contribution is -0.172. The largest absolute Gasteiger partial charge is 0.460 e. The summed E-state index contributed by atoms with van der Waals surface area (Å²) in [7, 11) is 0. The van der Waals surface area contributed by atoms with Crippen molar-refractivity contribution in [3.05, 3.63) is 69.5 Å². The second kappa shape index (κ2) is 12.9. The smallest absolute Gasteiger partial charge is 0.313 e. The molecular formula is C33H44ClF2N5O4. The van der Waals surface area contributed by atoms with Crippen molar-refractivity contribution in [2.24, 2.45) is 5.41 Å². The number of rotatable bonds is 8. The van der Waals surface area contributed by atoms with Gasteiger partial charge in [-0.1, -0.05) is 23.7 Å². The number of halogens is 3. The fourth-order valence-electron chi connectivity index (χ4n) is 5.94. The molecule has 0 aliphatic carbocycles. The van der Waals surface area contributed by atoms with Crippen LogP contribution < -0.4 is 5.32 Å². The second-order valence-electron chi connectivity index (χ2n) is 14.1. The van der Waals surface area contributed by atoms with Crippen molar-refractivity contribution >= 4 is 29.2 Å². The molecule has 3 aromatic rings. The minimum atomic E-state index is -2.12. The summed E-state index contributed by atoms with van der Waals surface area (Å²) in [6.07, 6.45) is -1.72. The van der Waals surface area contributed by atoms with Gasteiger partial charge in [0.25, 0.3) is 0 Å². The van der Waals surface area contributed by atoms with E-state index in [1.165, 1.54) is 12.1 Å². The highest BCUT2D eigenvalue weighted by Crippen LogP contribution is 2.42. The van der Waals surface area contributed by atoms with Gasteiger partial charge >= 0.3 is 5.97 Å². The van der Waals surface area contributed by atoms with Crippen molar-refractivity contribution in [1.29, 1.82) is 0 Å². The summed E-state index contributed by atoms with van der Waals surface area (Å²) in [5.41, 5.74) is -1.45. The molecule has 9 nitrogen and oxygen atoms in total. The second-order valence-corrected chi connectivity index (χ2v) is 14.5. The predicted octanol–water partition coefficient (Wildman–Crippen LogP) is 6.56. The molecule has 3 N–H and O–H groups in total. The van der Waals surface area contributed by atoms with Gasteiger partial charge in [-0.3, -0.25) is 14.4 Å². The lowest BCUT2D eigenvalue weighted by Crippen LogP contribution is -2.51. The number of nitrogens with zero attached hydrogens (tertiary/aromatic N) is 4. The first-order valence-corrected chi connectivity index (χ1v) is 15.5. The van der Waals surface area contributed by atoms with E-state index in [-0.39, 0.29) is 59.5 Å². The summed E-state index contributed by atoms with van der Waals surface area (Å²) in [6, 6.07) is 7.68. The molecule has 12 heteroatoms. The zero-order valence-electron chi connectivity index (χ0n) is 27.2. The number of benzene rings is 1. The number of ether oxygens (including phenoxy) is 1. The van der Waals surface area contributed by atoms with Gasteiger partial charge in [0.05, 0.1) is 21.7 Å². The Balaban J connectivity index is 1.70. The van der Waals surface area contributed by atoms with E-state index in [1.807, 2.05) is 45.4 Å². The standard InChI is InChI=1S/C33H44ClF2N5O4/c1-19-14-26(39-41(19)31(3,4)5)38-25-15-22(29(42)43)28(36)24(37-25)17-33(30(44)45-32(6,7)8)12-13-40(20(2)16-33)18-21-10-9-11-23(34)27(21)35/h9-11,14-15,20,29,42-43H,12-13,16-18H2,1-8H3,(H,37,38,39)/t20-,33-/m1/s1. The van der Waals surface area contributed by atoms with E-state index in [0.29, 0.717) is 17.9 Å². The van der Waals surface area contributed by atoms with Crippen LogP contribution in [-0.2, 0) is 28.0 Å². The number of anilines is 2. The third kappa shape index (κ3) is 8.00. The number of pyridine rings is 1. The number of aliphatic hydroxyl groups excluding tert-OH is 1. The summed E-state index contributed by atoms with van der Waals surface area (Å²) >= 11 is 6.01. The van der Waals surface area contributed by atoms with Gasteiger partial charge in [0.2, 0.25) is 0 Å². The summed E-state index contributed by atoms with van der Waals surface area (Å²) in [5.74, 6) is -1.30. The van der Waals surface area contributed by atoms with Crippen molar-refractivity contribution in [2.45, 2.75) is 105 Å². The van der Waals surface area contributed by atoms with E-state index in [0.717, 1.165) is 5.69 Å². The number of likely N-dealkylation sites (tertiary alicyclic amines) is 1. The molecular weight excluding hydrogens is 604 g/mol. The Labute approximate surface area is 268 Å². The van der Waals surface area contributed by atoms with Gasteiger partial charge in [0, 0.05) is 41.9 Å².